The first kappa shape index (κ1) is 17.9. The zero-order valence-electron chi connectivity index (χ0n) is 15.5. The molecule has 0 N–H and O–H groups in total. The van der Waals surface area contributed by atoms with Crippen LogP contribution in [0.2, 0.25) is 0 Å². The van der Waals surface area contributed by atoms with Gasteiger partial charge in [0.1, 0.15) is 0 Å². The molecule has 3 heteroatoms. The van der Waals surface area contributed by atoms with Crippen molar-refractivity contribution in [3.05, 3.63) is 83.7 Å². The first-order valence-corrected chi connectivity index (χ1v) is 8.91. The van der Waals surface area contributed by atoms with Gasteiger partial charge >= 0.3 is 0 Å². The fourth-order valence-electron chi connectivity index (χ4n) is 4.28. The maximum atomic E-state index is 4.55. The molecule has 27 heavy (non-hydrogen) atoms. The molecule has 0 bridgehead atoms. The first-order valence-electron chi connectivity index (χ1n) is 8.91. The van der Waals surface area contributed by atoms with Crippen LogP contribution in [0.25, 0.3) is 38.4 Å². The van der Waals surface area contributed by atoms with Gasteiger partial charge in [0.25, 0.3) is 0 Å². The molecular weight excluding hydrogens is 508 g/mol. The topological polar surface area (TPSA) is 17.3 Å². The summed E-state index contributed by atoms with van der Waals surface area (Å²) in [5, 5.41) is 3.50. The van der Waals surface area contributed by atoms with E-state index in [2.05, 4.69) is 78.7 Å². The Morgan fingerprint density at radius 1 is 0.926 bits per heavy atom. The predicted molar refractivity (Wildman–Crippen MR) is 109 cm³/mol. The molecule has 0 unspecified atom stereocenters. The molecular formula is C24H19IrN2-. The second-order valence-corrected chi connectivity index (χ2v) is 7.09. The van der Waals surface area contributed by atoms with E-state index in [4.69, 9.17) is 0 Å². The minimum Gasteiger partial charge on any atom is -0.340 e. The zero-order chi connectivity index (χ0) is 17.8. The van der Waals surface area contributed by atoms with Gasteiger partial charge in [0.2, 0.25) is 0 Å². The monoisotopic (exact) mass is 528 g/mol. The zero-order valence-corrected chi connectivity index (χ0v) is 17.9. The van der Waals surface area contributed by atoms with Crippen molar-refractivity contribution in [2.45, 2.75) is 20.8 Å². The van der Waals surface area contributed by atoms with E-state index < -0.39 is 0 Å². The third-order valence-corrected chi connectivity index (χ3v) is 5.23. The number of rotatable bonds is 1. The molecule has 2 aromatic heterocycles. The van der Waals surface area contributed by atoms with Crippen LogP contribution in [0.4, 0.5) is 0 Å². The third-order valence-electron chi connectivity index (χ3n) is 5.23. The van der Waals surface area contributed by atoms with E-state index >= 15 is 0 Å². The van der Waals surface area contributed by atoms with E-state index in [-0.39, 0.29) is 20.1 Å². The van der Waals surface area contributed by atoms with Gasteiger partial charge in [-0.05, 0) is 54.5 Å². The van der Waals surface area contributed by atoms with Gasteiger partial charge in [-0.15, -0.1) is 29.7 Å². The predicted octanol–water partition coefficient (Wildman–Crippen LogP) is 6.03. The van der Waals surface area contributed by atoms with Crippen molar-refractivity contribution in [1.82, 2.24) is 9.38 Å². The van der Waals surface area contributed by atoms with Crippen LogP contribution in [0, 0.1) is 26.8 Å². The summed E-state index contributed by atoms with van der Waals surface area (Å²) in [6, 6.07) is 20.8. The standard InChI is InChI=1S/C24H19N2.Ir/c1-15-12-16(2)23(17(3)13-15)18-8-9-22-21(14-18)19-6-4-5-7-20(19)24-25-10-11-26(22)24;/h4-6,8-14H,1-3H3;/q-1;. The van der Waals surface area contributed by atoms with Crippen molar-refractivity contribution in [3.63, 3.8) is 0 Å². The van der Waals surface area contributed by atoms with Crippen LogP contribution < -0.4 is 0 Å². The molecule has 0 aliphatic heterocycles. The number of benzene rings is 3. The van der Waals surface area contributed by atoms with E-state index in [0.29, 0.717) is 0 Å². The molecule has 5 aromatic rings. The van der Waals surface area contributed by atoms with Gasteiger partial charge < -0.3 is 4.40 Å². The summed E-state index contributed by atoms with van der Waals surface area (Å²) in [5.41, 5.74) is 8.68. The van der Waals surface area contributed by atoms with E-state index in [1.54, 1.807) is 0 Å². The van der Waals surface area contributed by atoms with Crippen LogP contribution >= 0.6 is 0 Å². The van der Waals surface area contributed by atoms with Gasteiger partial charge in [-0.3, -0.25) is 4.98 Å². The first-order chi connectivity index (χ1) is 12.6. The maximum Gasteiger partial charge on any atom is 0.0608 e. The summed E-state index contributed by atoms with van der Waals surface area (Å²) < 4.78 is 2.16. The van der Waals surface area contributed by atoms with Crippen molar-refractivity contribution in [2.24, 2.45) is 0 Å². The number of nitrogens with zero attached hydrogens (tertiary/aromatic N) is 2. The van der Waals surface area contributed by atoms with Crippen LogP contribution in [0.15, 0.2) is 60.9 Å². The van der Waals surface area contributed by atoms with Gasteiger partial charge in [0, 0.05) is 38.0 Å². The average Bonchev–Trinajstić information content (AvgIpc) is 3.11. The Morgan fingerprint density at radius 2 is 1.70 bits per heavy atom. The largest absolute Gasteiger partial charge is 0.340 e. The number of aryl methyl sites for hydroxylation is 3. The molecule has 0 aliphatic rings. The Morgan fingerprint density at radius 3 is 2.48 bits per heavy atom. The number of hydrogen-bond acceptors (Lipinski definition) is 1. The van der Waals surface area contributed by atoms with Crippen molar-refractivity contribution in [3.8, 4) is 11.1 Å². The summed E-state index contributed by atoms with van der Waals surface area (Å²) in [6.45, 7) is 6.55. The molecule has 0 atom stereocenters. The van der Waals surface area contributed by atoms with Gasteiger partial charge in [-0.2, -0.15) is 0 Å². The van der Waals surface area contributed by atoms with Crippen molar-refractivity contribution >= 4 is 27.3 Å². The molecule has 0 aliphatic carbocycles. The molecule has 0 spiro atoms. The van der Waals surface area contributed by atoms with Crippen LogP contribution in [0.1, 0.15) is 16.7 Å². The number of aromatic nitrogens is 2. The molecule has 0 saturated heterocycles. The Balaban J connectivity index is 0.00000180. The normalized spacial score (nSPS) is 11.2. The molecule has 0 saturated carbocycles. The minimum atomic E-state index is 0. The minimum absolute atomic E-state index is 0. The Kier molecular flexibility index (Phi) is 4.38. The molecule has 2 nitrogen and oxygen atoms in total. The average molecular weight is 528 g/mol. The van der Waals surface area contributed by atoms with E-state index in [9.17, 15) is 0 Å². The fourth-order valence-corrected chi connectivity index (χ4v) is 4.28. The Labute approximate surface area is 172 Å². The summed E-state index contributed by atoms with van der Waals surface area (Å²) in [4.78, 5) is 4.55. The SMILES string of the molecule is Cc1cc(C)c(-c2ccc3c(c2)c2ccc[c-]c2c2nccn32)c(C)c1.[Ir]. The number of imidazole rings is 1. The summed E-state index contributed by atoms with van der Waals surface area (Å²) >= 11 is 0. The molecule has 0 fully saturated rings. The number of hydrogen-bond donors (Lipinski definition) is 0. The summed E-state index contributed by atoms with van der Waals surface area (Å²) in [6.07, 6.45) is 3.89. The van der Waals surface area contributed by atoms with E-state index in [0.717, 1.165) is 11.0 Å². The van der Waals surface area contributed by atoms with Gasteiger partial charge in [-0.25, -0.2) is 0 Å². The summed E-state index contributed by atoms with van der Waals surface area (Å²) in [5.74, 6) is 0. The van der Waals surface area contributed by atoms with Crippen LogP contribution in [0.3, 0.4) is 0 Å². The molecule has 1 radical (unpaired) electrons. The molecule has 135 valence electrons. The molecule has 5 rings (SSSR count). The van der Waals surface area contributed by atoms with Crippen molar-refractivity contribution < 1.29 is 20.1 Å². The van der Waals surface area contributed by atoms with Crippen LogP contribution in [-0.2, 0) is 20.1 Å². The summed E-state index contributed by atoms with van der Waals surface area (Å²) in [7, 11) is 0. The van der Waals surface area contributed by atoms with Crippen LogP contribution in [0.5, 0.6) is 0 Å². The number of pyridine rings is 1. The Bertz CT molecular complexity index is 1290. The quantitative estimate of drug-likeness (QED) is 0.192. The Hall–Kier alpha value is -2.48. The molecule has 3 aromatic carbocycles. The third kappa shape index (κ3) is 2.70. The molecule has 2 heterocycles. The van der Waals surface area contributed by atoms with Gasteiger partial charge in [0.05, 0.1) is 5.65 Å². The van der Waals surface area contributed by atoms with E-state index in [1.165, 1.54) is 44.1 Å². The van der Waals surface area contributed by atoms with Crippen LogP contribution in [-0.4, -0.2) is 9.38 Å². The maximum absolute atomic E-state index is 4.55. The smallest absolute Gasteiger partial charge is 0.0608 e. The second kappa shape index (κ2) is 6.60. The van der Waals surface area contributed by atoms with E-state index in [1.807, 2.05) is 18.5 Å². The second-order valence-electron chi connectivity index (χ2n) is 7.09. The van der Waals surface area contributed by atoms with Gasteiger partial charge in [0.15, 0.2) is 0 Å². The van der Waals surface area contributed by atoms with Crippen molar-refractivity contribution in [1.29, 1.82) is 0 Å². The van der Waals surface area contributed by atoms with Gasteiger partial charge in [-0.1, -0.05) is 35.2 Å². The van der Waals surface area contributed by atoms with Crippen molar-refractivity contribution in [2.75, 3.05) is 0 Å². The number of fused-ring (bicyclic) bond motifs is 6. The molecule has 0 amide bonds. The fraction of sp³-hybridized carbons (Fsp3) is 0.125.